The molecule has 1 atom stereocenters. The van der Waals surface area contributed by atoms with E-state index in [1.807, 2.05) is 29.5 Å². The van der Waals surface area contributed by atoms with Gasteiger partial charge in [0.05, 0.1) is 12.6 Å². The van der Waals surface area contributed by atoms with E-state index < -0.39 is 0 Å². The smallest absolute Gasteiger partial charge is 0.312 e. The number of thiophene rings is 1. The molecule has 5 heteroatoms. The van der Waals surface area contributed by atoms with Crippen LogP contribution in [0.5, 0.6) is 0 Å². The molecular weight excluding hydrogens is 390 g/mol. The van der Waals surface area contributed by atoms with Crippen LogP contribution in [0.4, 0.5) is 10.5 Å². The van der Waals surface area contributed by atoms with Crippen LogP contribution in [0.2, 0.25) is 0 Å². The Morgan fingerprint density at radius 3 is 2.77 bits per heavy atom. The first-order valence-electron chi connectivity index (χ1n) is 11.2. The van der Waals surface area contributed by atoms with Gasteiger partial charge < -0.3 is 14.8 Å². The molecule has 0 spiro atoms. The van der Waals surface area contributed by atoms with Crippen LogP contribution in [0.1, 0.15) is 66.4 Å². The van der Waals surface area contributed by atoms with Gasteiger partial charge in [-0.25, -0.2) is 4.79 Å². The highest BCUT2D eigenvalue weighted by atomic mass is 32.1. The van der Waals surface area contributed by atoms with Gasteiger partial charge in [0.1, 0.15) is 5.00 Å². The summed E-state index contributed by atoms with van der Waals surface area (Å²) in [6.45, 7) is 4.99. The maximum Gasteiger partial charge on any atom is 0.322 e. The summed E-state index contributed by atoms with van der Waals surface area (Å²) in [5.41, 5.74) is 6.18. The van der Waals surface area contributed by atoms with Crippen LogP contribution in [0.3, 0.4) is 0 Å². The lowest BCUT2D eigenvalue weighted by molar-refractivity contribution is 0.181. The molecule has 1 N–H and O–H groups in total. The Morgan fingerprint density at radius 1 is 1.10 bits per heavy atom. The van der Waals surface area contributed by atoms with Crippen LogP contribution >= 0.6 is 11.3 Å². The molecule has 0 saturated heterocycles. The van der Waals surface area contributed by atoms with E-state index in [1.165, 1.54) is 51.5 Å². The van der Waals surface area contributed by atoms with Gasteiger partial charge in [0.25, 0.3) is 0 Å². The van der Waals surface area contributed by atoms with Crippen molar-refractivity contribution in [2.45, 2.75) is 65.0 Å². The number of urea groups is 1. The van der Waals surface area contributed by atoms with Gasteiger partial charge in [0.15, 0.2) is 0 Å². The van der Waals surface area contributed by atoms with Crippen LogP contribution in [0.25, 0.3) is 5.00 Å². The van der Waals surface area contributed by atoms with Crippen LogP contribution in [-0.2, 0) is 25.8 Å². The minimum atomic E-state index is -0.000825. The highest BCUT2D eigenvalue weighted by molar-refractivity contribution is 7.15. The Morgan fingerprint density at radius 2 is 1.93 bits per heavy atom. The predicted octanol–water partition coefficient (Wildman–Crippen LogP) is 6.48. The monoisotopic (exact) mass is 419 g/mol. The molecule has 0 bridgehead atoms. The number of rotatable bonds is 3. The van der Waals surface area contributed by atoms with E-state index in [-0.39, 0.29) is 12.1 Å². The Labute approximate surface area is 182 Å². The second kappa shape index (κ2) is 7.95. The van der Waals surface area contributed by atoms with E-state index in [2.05, 4.69) is 53.0 Å². The molecule has 1 aliphatic heterocycles. The molecule has 156 valence electrons. The second-order valence-corrected chi connectivity index (χ2v) is 9.37. The maximum atomic E-state index is 13.6. The lowest BCUT2D eigenvalue weighted by Gasteiger charge is -2.30. The molecule has 30 heavy (non-hydrogen) atoms. The third kappa shape index (κ3) is 3.16. The number of benzene rings is 1. The largest absolute Gasteiger partial charge is 0.322 e. The number of hydrogen-bond acceptors (Lipinski definition) is 2. The van der Waals surface area contributed by atoms with Crippen molar-refractivity contribution in [3.63, 3.8) is 0 Å². The molecule has 3 heterocycles. The van der Waals surface area contributed by atoms with Gasteiger partial charge in [0, 0.05) is 28.0 Å². The maximum absolute atomic E-state index is 13.6. The molecule has 2 aromatic heterocycles. The number of fused-ring (bicyclic) bond motifs is 5. The first-order valence-corrected chi connectivity index (χ1v) is 12.0. The fourth-order valence-corrected chi connectivity index (χ4v) is 6.45. The Kier molecular flexibility index (Phi) is 5.15. The Hall–Kier alpha value is -2.53. The van der Waals surface area contributed by atoms with E-state index in [0.29, 0.717) is 6.54 Å². The van der Waals surface area contributed by atoms with Crippen LogP contribution in [0.15, 0.2) is 42.6 Å². The molecule has 4 nitrogen and oxygen atoms in total. The fraction of sp³-hybridized carbons (Fsp3) is 0.400. The van der Waals surface area contributed by atoms with Gasteiger partial charge in [-0.1, -0.05) is 32.0 Å². The van der Waals surface area contributed by atoms with E-state index in [1.54, 1.807) is 0 Å². The van der Waals surface area contributed by atoms with Gasteiger partial charge in [0.2, 0.25) is 0 Å². The van der Waals surface area contributed by atoms with Gasteiger partial charge in [-0.3, -0.25) is 0 Å². The minimum Gasteiger partial charge on any atom is -0.312 e. The average molecular weight is 420 g/mol. The average Bonchev–Trinajstić information content (AvgIpc) is 3.36. The summed E-state index contributed by atoms with van der Waals surface area (Å²) < 4.78 is 2.35. The highest BCUT2D eigenvalue weighted by Crippen LogP contribution is 2.43. The first-order chi connectivity index (χ1) is 14.7. The van der Waals surface area contributed by atoms with Crippen molar-refractivity contribution in [2.75, 3.05) is 5.32 Å². The van der Waals surface area contributed by atoms with Gasteiger partial charge in [-0.15, -0.1) is 11.3 Å². The molecule has 3 aromatic rings. The Balaban J connectivity index is 1.57. The van der Waals surface area contributed by atoms with E-state index in [0.717, 1.165) is 24.9 Å². The topological polar surface area (TPSA) is 37.3 Å². The number of aryl methyl sites for hydroxylation is 2. The third-order valence-electron chi connectivity index (χ3n) is 6.59. The lowest BCUT2D eigenvalue weighted by atomic mass is 9.95. The van der Waals surface area contributed by atoms with Gasteiger partial charge >= 0.3 is 6.03 Å². The zero-order chi connectivity index (χ0) is 20.7. The summed E-state index contributed by atoms with van der Waals surface area (Å²) in [5.74, 6) is 0. The number of amides is 2. The molecule has 2 amide bonds. The molecule has 0 saturated carbocycles. The van der Waals surface area contributed by atoms with E-state index >= 15 is 0 Å². The summed E-state index contributed by atoms with van der Waals surface area (Å²) in [5, 5.41) is 4.55. The van der Waals surface area contributed by atoms with Crippen molar-refractivity contribution in [3.8, 4) is 5.00 Å². The molecule has 0 unspecified atom stereocenters. The second-order valence-electron chi connectivity index (χ2n) is 8.29. The zero-order valence-electron chi connectivity index (χ0n) is 17.8. The van der Waals surface area contributed by atoms with Crippen molar-refractivity contribution in [2.24, 2.45) is 0 Å². The van der Waals surface area contributed by atoms with Crippen molar-refractivity contribution in [1.29, 1.82) is 0 Å². The Bertz CT molecular complexity index is 1080. The number of carbonyl (C=O) groups is 1. The van der Waals surface area contributed by atoms with Crippen molar-refractivity contribution in [3.05, 3.63) is 69.9 Å². The van der Waals surface area contributed by atoms with Crippen LogP contribution in [-0.4, -0.2) is 15.5 Å². The molecule has 1 aliphatic carbocycles. The number of nitrogens with one attached hydrogen (secondary N) is 1. The standard InChI is InChI=1S/C25H29N3OS/c1-3-17-10-5-7-12-20(17)26-25(29)28-16-19-18-11-6-8-14-23(18)30-24(19)27-15-9-13-22(27)21(28)4-2/h5,7,9-10,12-13,15,21H,3-4,6,8,11,14,16H2,1-2H3,(H,26,29)/t21-/m1/s1. The number of para-hydroxylation sites is 1. The fourth-order valence-electron chi connectivity index (χ4n) is 5.05. The summed E-state index contributed by atoms with van der Waals surface area (Å²) in [4.78, 5) is 17.2. The summed E-state index contributed by atoms with van der Waals surface area (Å²) >= 11 is 1.94. The van der Waals surface area contributed by atoms with Crippen LogP contribution in [0, 0.1) is 0 Å². The lowest BCUT2D eigenvalue weighted by Crippen LogP contribution is -2.37. The molecule has 1 aromatic carbocycles. The summed E-state index contributed by atoms with van der Waals surface area (Å²) in [6, 6.07) is 12.5. The molecule has 0 radical (unpaired) electrons. The van der Waals surface area contributed by atoms with E-state index in [4.69, 9.17) is 0 Å². The molecule has 5 rings (SSSR count). The molecule has 0 fully saturated rings. The minimum absolute atomic E-state index is 0.000825. The molecule has 2 aliphatic rings. The normalized spacial score (nSPS) is 17.7. The number of hydrogen-bond donors (Lipinski definition) is 1. The molecular formula is C25H29N3OS. The van der Waals surface area contributed by atoms with Gasteiger partial charge in [-0.2, -0.15) is 0 Å². The van der Waals surface area contributed by atoms with Crippen LogP contribution < -0.4 is 5.32 Å². The first kappa shape index (κ1) is 19.4. The number of aromatic nitrogens is 1. The highest BCUT2D eigenvalue weighted by Gasteiger charge is 2.34. The van der Waals surface area contributed by atoms with Crippen molar-refractivity contribution >= 4 is 23.1 Å². The van der Waals surface area contributed by atoms with E-state index in [9.17, 15) is 4.79 Å². The number of nitrogens with zero attached hydrogens (tertiary/aromatic N) is 2. The summed E-state index contributed by atoms with van der Waals surface area (Å²) in [7, 11) is 0. The van der Waals surface area contributed by atoms with Crippen molar-refractivity contribution < 1.29 is 4.79 Å². The predicted molar refractivity (Wildman–Crippen MR) is 124 cm³/mol. The quantitative estimate of drug-likeness (QED) is 0.518. The zero-order valence-corrected chi connectivity index (χ0v) is 18.6. The van der Waals surface area contributed by atoms with Gasteiger partial charge in [-0.05, 0) is 67.9 Å². The number of anilines is 1. The SMILES string of the molecule is CCc1ccccc1NC(=O)N1Cc2c(sc3c2CCCC3)-n2cccc2[C@H]1CC. The third-order valence-corrected chi connectivity index (χ3v) is 7.93. The number of carbonyl (C=O) groups excluding carboxylic acids is 1. The van der Waals surface area contributed by atoms with Crippen molar-refractivity contribution in [1.82, 2.24) is 9.47 Å². The summed E-state index contributed by atoms with van der Waals surface area (Å²) in [6.07, 6.45) is 8.82.